The van der Waals surface area contributed by atoms with E-state index < -0.39 is 0 Å². The molecule has 0 aromatic carbocycles. The Balaban J connectivity index is 1.81. The number of ether oxygens (including phenoxy) is 1. The summed E-state index contributed by atoms with van der Waals surface area (Å²) in [5, 5.41) is 4.22. The first-order valence-corrected chi connectivity index (χ1v) is 6.10. The molecule has 0 bridgehead atoms. The fraction of sp³-hybridized carbons (Fsp3) is 0.308. The van der Waals surface area contributed by atoms with Crippen LogP contribution in [0.5, 0.6) is 5.75 Å². The molecule has 3 heterocycles. The van der Waals surface area contributed by atoms with Crippen molar-refractivity contribution in [2.75, 3.05) is 18.1 Å². The van der Waals surface area contributed by atoms with Gasteiger partial charge in [0, 0.05) is 25.5 Å². The number of aromatic nitrogens is 3. The molecule has 3 rings (SSSR count). The Labute approximate surface area is 110 Å². The molecule has 0 atom stereocenters. The molecule has 1 amide bonds. The zero-order chi connectivity index (χ0) is 13.2. The molecule has 98 valence electrons. The summed E-state index contributed by atoms with van der Waals surface area (Å²) in [5.74, 6) is 0.715. The first-order valence-electron chi connectivity index (χ1n) is 6.10. The Hall–Kier alpha value is -2.37. The Morgan fingerprint density at radius 3 is 3.16 bits per heavy atom. The van der Waals surface area contributed by atoms with Gasteiger partial charge in [-0.15, -0.1) is 0 Å². The number of carbonyl (C=O) groups excluding carboxylic acids is 1. The summed E-state index contributed by atoms with van der Waals surface area (Å²) < 4.78 is 7.20. The Morgan fingerprint density at radius 2 is 2.37 bits per heavy atom. The highest BCUT2D eigenvalue weighted by atomic mass is 16.5. The highest BCUT2D eigenvalue weighted by Crippen LogP contribution is 2.30. The molecule has 1 aliphatic heterocycles. The van der Waals surface area contributed by atoms with Crippen LogP contribution in [0.25, 0.3) is 0 Å². The van der Waals surface area contributed by atoms with Crippen LogP contribution in [0.2, 0.25) is 0 Å². The third kappa shape index (κ3) is 2.29. The van der Waals surface area contributed by atoms with Crippen LogP contribution in [0.15, 0.2) is 30.7 Å². The van der Waals surface area contributed by atoms with Gasteiger partial charge in [-0.05, 0) is 6.07 Å². The Kier molecular flexibility index (Phi) is 2.91. The third-order valence-electron chi connectivity index (χ3n) is 3.03. The number of anilines is 1. The molecule has 0 aliphatic carbocycles. The lowest BCUT2D eigenvalue weighted by Gasteiger charge is -2.28. The van der Waals surface area contributed by atoms with Crippen molar-refractivity contribution < 1.29 is 9.53 Å². The summed E-state index contributed by atoms with van der Waals surface area (Å²) in [6.45, 7) is 1.05. The van der Waals surface area contributed by atoms with Crippen LogP contribution in [0.3, 0.4) is 0 Å². The molecule has 0 fully saturated rings. The van der Waals surface area contributed by atoms with Crippen molar-refractivity contribution in [3.63, 3.8) is 0 Å². The van der Waals surface area contributed by atoms with E-state index in [-0.39, 0.29) is 12.3 Å². The lowest BCUT2D eigenvalue weighted by atomic mass is 10.2. The molecule has 19 heavy (non-hydrogen) atoms. The van der Waals surface area contributed by atoms with Crippen LogP contribution in [0.4, 0.5) is 5.69 Å². The van der Waals surface area contributed by atoms with Crippen LogP contribution in [0.1, 0.15) is 5.69 Å². The predicted molar refractivity (Wildman–Crippen MR) is 69.0 cm³/mol. The van der Waals surface area contributed by atoms with E-state index in [1.54, 1.807) is 28.0 Å². The second-order valence-electron chi connectivity index (χ2n) is 4.39. The van der Waals surface area contributed by atoms with Gasteiger partial charge in [-0.25, -0.2) is 0 Å². The van der Waals surface area contributed by atoms with E-state index in [1.165, 1.54) is 0 Å². The van der Waals surface area contributed by atoms with Gasteiger partial charge in [0.2, 0.25) is 5.91 Å². The third-order valence-corrected chi connectivity index (χ3v) is 3.03. The summed E-state index contributed by atoms with van der Waals surface area (Å²) >= 11 is 0. The molecule has 0 N–H and O–H groups in total. The van der Waals surface area contributed by atoms with Gasteiger partial charge in [0.25, 0.3) is 0 Å². The van der Waals surface area contributed by atoms with Crippen LogP contribution >= 0.6 is 0 Å². The summed E-state index contributed by atoms with van der Waals surface area (Å²) in [7, 11) is 1.84. The SMILES string of the molecule is Cn1ccc(CC(=O)N2CCOc3ccncc32)n1. The van der Waals surface area contributed by atoms with Gasteiger partial charge >= 0.3 is 0 Å². The molecular formula is C13H14N4O2. The highest BCUT2D eigenvalue weighted by molar-refractivity contribution is 5.96. The van der Waals surface area contributed by atoms with Gasteiger partial charge < -0.3 is 9.64 Å². The van der Waals surface area contributed by atoms with Gasteiger partial charge in [0.15, 0.2) is 0 Å². The minimum Gasteiger partial charge on any atom is -0.489 e. The molecule has 0 unspecified atom stereocenters. The first kappa shape index (κ1) is 11.7. The minimum absolute atomic E-state index is 0.0104. The normalized spacial score (nSPS) is 13.8. The molecule has 0 saturated carbocycles. The Bertz CT molecular complexity index is 608. The van der Waals surface area contributed by atoms with E-state index in [0.29, 0.717) is 18.9 Å². The average molecular weight is 258 g/mol. The summed E-state index contributed by atoms with van der Waals surface area (Å²) in [4.78, 5) is 18.1. The fourth-order valence-corrected chi connectivity index (χ4v) is 2.13. The summed E-state index contributed by atoms with van der Waals surface area (Å²) in [6, 6.07) is 3.62. The Morgan fingerprint density at radius 1 is 1.47 bits per heavy atom. The maximum Gasteiger partial charge on any atom is 0.233 e. The van der Waals surface area contributed by atoms with E-state index in [4.69, 9.17) is 4.74 Å². The zero-order valence-corrected chi connectivity index (χ0v) is 10.6. The van der Waals surface area contributed by atoms with Gasteiger partial charge in [-0.3, -0.25) is 14.5 Å². The molecule has 0 saturated heterocycles. The monoisotopic (exact) mass is 258 g/mol. The number of carbonyl (C=O) groups is 1. The lowest BCUT2D eigenvalue weighted by molar-refractivity contribution is -0.118. The molecule has 1 aliphatic rings. The molecular weight excluding hydrogens is 244 g/mol. The number of aryl methyl sites for hydroxylation is 1. The van der Waals surface area contributed by atoms with E-state index >= 15 is 0 Å². The highest BCUT2D eigenvalue weighted by Gasteiger charge is 2.24. The van der Waals surface area contributed by atoms with E-state index in [2.05, 4.69) is 10.1 Å². The number of fused-ring (bicyclic) bond motifs is 1. The van der Waals surface area contributed by atoms with Crippen molar-refractivity contribution in [1.82, 2.24) is 14.8 Å². The maximum absolute atomic E-state index is 12.3. The topological polar surface area (TPSA) is 60.2 Å². The van der Waals surface area contributed by atoms with Crippen LogP contribution in [-0.4, -0.2) is 33.8 Å². The smallest absolute Gasteiger partial charge is 0.233 e. The predicted octanol–water partition coefficient (Wildman–Crippen LogP) is 0.783. The lowest BCUT2D eigenvalue weighted by Crippen LogP contribution is -2.39. The molecule has 2 aromatic heterocycles. The molecule has 0 radical (unpaired) electrons. The van der Waals surface area contributed by atoms with Gasteiger partial charge in [-0.2, -0.15) is 5.10 Å². The number of hydrogen-bond donors (Lipinski definition) is 0. The van der Waals surface area contributed by atoms with Crippen LogP contribution in [-0.2, 0) is 18.3 Å². The van der Waals surface area contributed by atoms with Gasteiger partial charge in [0.05, 0.1) is 24.9 Å². The largest absolute Gasteiger partial charge is 0.489 e. The van der Waals surface area contributed by atoms with Crippen molar-refractivity contribution in [1.29, 1.82) is 0 Å². The second-order valence-corrected chi connectivity index (χ2v) is 4.39. The average Bonchev–Trinajstić information content (AvgIpc) is 2.83. The summed E-state index contributed by atoms with van der Waals surface area (Å²) in [6.07, 6.45) is 5.43. The molecule has 6 heteroatoms. The molecule has 6 nitrogen and oxygen atoms in total. The number of pyridine rings is 1. The van der Waals surface area contributed by atoms with Gasteiger partial charge in [-0.1, -0.05) is 0 Å². The van der Waals surface area contributed by atoms with Crippen LogP contribution < -0.4 is 9.64 Å². The molecule has 2 aromatic rings. The van der Waals surface area contributed by atoms with Gasteiger partial charge in [0.1, 0.15) is 18.0 Å². The number of amides is 1. The van der Waals surface area contributed by atoms with E-state index in [9.17, 15) is 4.79 Å². The number of rotatable bonds is 2. The maximum atomic E-state index is 12.3. The standard InChI is InChI=1S/C13H14N4O2/c1-16-5-3-10(15-16)8-13(18)17-6-7-19-12-2-4-14-9-11(12)17/h2-5,9H,6-8H2,1H3. The first-order chi connectivity index (χ1) is 9.24. The van der Waals surface area contributed by atoms with E-state index in [0.717, 1.165) is 11.4 Å². The minimum atomic E-state index is 0.0104. The van der Waals surface area contributed by atoms with Crippen molar-refractivity contribution in [3.8, 4) is 5.75 Å². The van der Waals surface area contributed by atoms with Crippen molar-refractivity contribution in [2.24, 2.45) is 7.05 Å². The van der Waals surface area contributed by atoms with Crippen molar-refractivity contribution in [3.05, 3.63) is 36.4 Å². The number of hydrogen-bond acceptors (Lipinski definition) is 4. The fourth-order valence-electron chi connectivity index (χ4n) is 2.13. The van der Waals surface area contributed by atoms with Crippen LogP contribution in [0, 0.1) is 0 Å². The number of nitrogens with zero attached hydrogens (tertiary/aromatic N) is 4. The van der Waals surface area contributed by atoms with Crippen molar-refractivity contribution >= 4 is 11.6 Å². The second kappa shape index (κ2) is 4.72. The van der Waals surface area contributed by atoms with E-state index in [1.807, 2.05) is 19.3 Å². The quantitative estimate of drug-likeness (QED) is 0.798. The summed E-state index contributed by atoms with van der Waals surface area (Å²) in [5.41, 5.74) is 1.50. The van der Waals surface area contributed by atoms with Crippen molar-refractivity contribution in [2.45, 2.75) is 6.42 Å². The molecule has 0 spiro atoms. The zero-order valence-electron chi connectivity index (χ0n) is 10.6.